The molecule has 1 aromatic carbocycles. The number of benzene rings is 1. The quantitative estimate of drug-likeness (QED) is 0.374. The van der Waals surface area contributed by atoms with Gasteiger partial charge in [0.15, 0.2) is 5.65 Å². The Kier molecular flexibility index (Phi) is 5.56. The van der Waals surface area contributed by atoms with Gasteiger partial charge in [-0.15, -0.1) is 0 Å². The number of aromatic amines is 1. The molecule has 11 heteroatoms. The third-order valence-electron chi connectivity index (χ3n) is 5.77. The van der Waals surface area contributed by atoms with E-state index in [0.29, 0.717) is 23.0 Å². The first-order valence-electron chi connectivity index (χ1n) is 10.9. The molecule has 176 valence electrons. The van der Waals surface area contributed by atoms with E-state index in [9.17, 15) is 9.00 Å². The highest BCUT2D eigenvalue weighted by atomic mass is 32.2. The van der Waals surface area contributed by atoms with Gasteiger partial charge in [0.2, 0.25) is 5.91 Å². The van der Waals surface area contributed by atoms with E-state index in [1.54, 1.807) is 30.0 Å². The van der Waals surface area contributed by atoms with Crippen molar-refractivity contribution in [2.45, 2.75) is 19.8 Å². The van der Waals surface area contributed by atoms with Crippen LogP contribution in [-0.4, -0.2) is 47.9 Å². The molecule has 1 atom stereocenters. The van der Waals surface area contributed by atoms with Gasteiger partial charge in [-0.05, 0) is 31.9 Å². The monoisotopic (exact) mass is 478 g/mol. The van der Waals surface area contributed by atoms with Crippen LogP contribution in [0.4, 0.5) is 22.9 Å². The Morgan fingerprint density at radius 3 is 2.71 bits per heavy atom. The minimum Gasteiger partial charge on any atom is -0.352 e. The van der Waals surface area contributed by atoms with Crippen molar-refractivity contribution in [1.82, 2.24) is 24.5 Å². The molecule has 3 heterocycles. The molecule has 4 aromatic rings. The molecule has 1 saturated carbocycles. The highest BCUT2D eigenvalue weighted by Crippen LogP contribution is 2.36. The van der Waals surface area contributed by atoms with Crippen molar-refractivity contribution >= 4 is 50.9 Å². The van der Waals surface area contributed by atoms with Crippen LogP contribution in [0.25, 0.3) is 22.4 Å². The zero-order valence-corrected chi connectivity index (χ0v) is 20.2. The van der Waals surface area contributed by atoms with Crippen LogP contribution in [0, 0.1) is 12.8 Å². The Bertz CT molecular complexity index is 1420. The van der Waals surface area contributed by atoms with Gasteiger partial charge >= 0.3 is 0 Å². The average Bonchev–Trinajstić information content (AvgIpc) is 3.46. The zero-order valence-electron chi connectivity index (χ0n) is 19.4. The van der Waals surface area contributed by atoms with Crippen LogP contribution >= 0.6 is 0 Å². The number of carbonyl (C=O) groups is 1. The summed E-state index contributed by atoms with van der Waals surface area (Å²) in [4.78, 5) is 29.0. The van der Waals surface area contributed by atoms with Crippen molar-refractivity contribution in [3.63, 3.8) is 0 Å². The maximum atomic E-state index is 12.4. The second kappa shape index (κ2) is 8.56. The number of fused-ring (bicyclic) bond motifs is 1. The van der Waals surface area contributed by atoms with E-state index in [4.69, 9.17) is 0 Å². The molecule has 1 fully saturated rings. The molecule has 0 spiro atoms. The number of rotatable bonds is 7. The number of amides is 1. The van der Waals surface area contributed by atoms with Gasteiger partial charge in [-0.25, -0.2) is 19.2 Å². The van der Waals surface area contributed by atoms with E-state index >= 15 is 0 Å². The number of nitrogens with one attached hydrogen (secondary N) is 3. The van der Waals surface area contributed by atoms with E-state index in [1.165, 1.54) is 0 Å². The van der Waals surface area contributed by atoms with E-state index in [-0.39, 0.29) is 11.8 Å². The number of hydrogen-bond donors (Lipinski definition) is 3. The van der Waals surface area contributed by atoms with Crippen LogP contribution in [0.5, 0.6) is 0 Å². The SMILES string of the molecule is Cc1nc2nc(NC(=O)C3CC3)cc(Nc3ccc(-c4cn(C)cn4)cc3N(C)S(C)=O)c2[nH]1. The molecule has 0 radical (unpaired) electrons. The van der Waals surface area contributed by atoms with Crippen LogP contribution in [0.15, 0.2) is 36.8 Å². The highest BCUT2D eigenvalue weighted by molar-refractivity contribution is 7.85. The Hall–Kier alpha value is -3.73. The van der Waals surface area contributed by atoms with Gasteiger partial charge in [0.05, 0.1) is 29.1 Å². The Morgan fingerprint density at radius 2 is 2.03 bits per heavy atom. The van der Waals surface area contributed by atoms with Gasteiger partial charge in [-0.1, -0.05) is 6.07 Å². The maximum absolute atomic E-state index is 12.4. The molecule has 1 amide bonds. The molecule has 3 aromatic heterocycles. The average molecular weight is 479 g/mol. The minimum atomic E-state index is -1.24. The summed E-state index contributed by atoms with van der Waals surface area (Å²) in [5.74, 6) is 1.20. The second-order valence-electron chi connectivity index (χ2n) is 8.54. The van der Waals surface area contributed by atoms with Gasteiger partial charge in [0.25, 0.3) is 0 Å². The number of aryl methyl sites for hydroxylation is 2. The predicted octanol–water partition coefficient (Wildman–Crippen LogP) is 3.49. The van der Waals surface area contributed by atoms with Crippen molar-refractivity contribution < 1.29 is 9.00 Å². The standard InChI is InChI=1S/C23H26N8O2S/c1-13-25-21-17(10-20(28-22(21)26-13)29-23(32)14-5-6-14)27-16-8-7-15(18-11-30(2)12-24-18)9-19(16)31(3)34(4)33/h7-12,14H,5-6H2,1-4H3,(H3,25,26,27,28,29,32). The number of hydrogen-bond acceptors (Lipinski definition) is 6. The topological polar surface area (TPSA) is 121 Å². The number of anilines is 4. The van der Waals surface area contributed by atoms with Gasteiger partial charge in [0.1, 0.15) is 28.1 Å². The first-order chi connectivity index (χ1) is 16.3. The van der Waals surface area contributed by atoms with Crippen LogP contribution < -0.4 is 14.9 Å². The lowest BCUT2D eigenvalue weighted by atomic mass is 10.1. The van der Waals surface area contributed by atoms with Crippen LogP contribution in [0.1, 0.15) is 18.7 Å². The van der Waals surface area contributed by atoms with E-state index in [2.05, 4.69) is 30.6 Å². The zero-order chi connectivity index (χ0) is 24.0. The number of imidazole rings is 2. The molecule has 3 N–H and O–H groups in total. The third kappa shape index (κ3) is 4.38. The largest absolute Gasteiger partial charge is 0.352 e. The first kappa shape index (κ1) is 22.1. The molecule has 0 saturated heterocycles. The van der Waals surface area contributed by atoms with Gasteiger partial charge in [-0.3, -0.25) is 9.10 Å². The van der Waals surface area contributed by atoms with E-state index < -0.39 is 11.0 Å². The fourth-order valence-electron chi connectivity index (χ4n) is 3.74. The molecule has 5 rings (SSSR count). The maximum Gasteiger partial charge on any atom is 0.228 e. The summed E-state index contributed by atoms with van der Waals surface area (Å²) in [6.07, 6.45) is 7.13. The summed E-state index contributed by atoms with van der Waals surface area (Å²) in [6, 6.07) is 7.64. The number of H-pyrrole nitrogens is 1. The lowest BCUT2D eigenvalue weighted by molar-refractivity contribution is -0.117. The van der Waals surface area contributed by atoms with Crippen LogP contribution in [0.2, 0.25) is 0 Å². The normalized spacial score (nSPS) is 14.2. The fourth-order valence-corrected chi connectivity index (χ4v) is 4.17. The summed E-state index contributed by atoms with van der Waals surface area (Å²) in [7, 11) is 2.45. The molecule has 0 aliphatic heterocycles. The Balaban J connectivity index is 1.56. The number of nitrogens with zero attached hydrogens (tertiary/aromatic N) is 5. The number of carbonyl (C=O) groups excluding carboxylic acids is 1. The lowest BCUT2D eigenvalue weighted by Crippen LogP contribution is -2.20. The van der Waals surface area contributed by atoms with Crippen molar-refractivity contribution in [3.8, 4) is 11.3 Å². The van der Waals surface area contributed by atoms with Crippen molar-refractivity contribution in [1.29, 1.82) is 0 Å². The molecule has 1 aliphatic rings. The molecule has 0 bridgehead atoms. The lowest BCUT2D eigenvalue weighted by Gasteiger charge is -2.21. The predicted molar refractivity (Wildman–Crippen MR) is 134 cm³/mol. The first-order valence-corrected chi connectivity index (χ1v) is 12.4. The number of pyridine rings is 1. The fraction of sp³-hybridized carbons (Fsp3) is 0.304. The molecule has 1 aliphatic carbocycles. The second-order valence-corrected chi connectivity index (χ2v) is 9.94. The van der Waals surface area contributed by atoms with E-state index in [1.807, 2.05) is 42.9 Å². The van der Waals surface area contributed by atoms with E-state index in [0.717, 1.165) is 41.0 Å². The van der Waals surface area contributed by atoms with Crippen LogP contribution in [-0.2, 0) is 22.8 Å². The van der Waals surface area contributed by atoms with Gasteiger partial charge in [-0.2, -0.15) is 0 Å². The summed E-state index contributed by atoms with van der Waals surface area (Å²) in [6.45, 7) is 1.86. The molecule has 10 nitrogen and oxygen atoms in total. The summed E-state index contributed by atoms with van der Waals surface area (Å²) in [5.41, 5.74) is 5.16. The summed E-state index contributed by atoms with van der Waals surface area (Å²) in [5, 5.41) is 6.35. The minimum absolute atomic E-state index is 0.0217. The molecule has 34 heavy (non-hydrogen) atoms. The number of aromatic nitrogens is 5. The molecular formula is C23H26N8O2S. The van der Waals surface area contributed by atoms with Gasteiger partial charge < -0.3 is 20.2 Å². The molecular weight excluding hydrogens is 452 g/mol. The Morgan fingerprint density at radius 1 is 1.24 bits per heavy atom. The highest BCUT2D eigenvalue weighted by Gasteiger charge is 2.30. The van der Waals surface area contributed by atoms with Crippen LogP contribution in [0.3, 0.4) is 0 Å². The Labute approximate surface area is 199 Å². The third-order valence-corrected chi connectivity index (χ3v) is 6.74. The van der Waals surface area contributed by atoms with Crippen molar-refractivity contribution in [3.05, 3.63) is 42.6 Å². The van der Waals surface area contributed by atoms with Gasteiger partial charge in [0, 0.05) is 44.1 Å². The molecule has 1 unspecified atom stereocenters. The summed E-state index contributed by atoms with van der Waals surface area (Å²) < 4.78 is 16.0. The smallest absolute Gasteiger partial charge is 0.228 e. The van der Waals surface area contributed by atoms with Crippen molar-refractivity contribution in [2.75, 3.05) is 28.2 Å². The summed E-state index contributed by atoms with van der Waals surface area (Å²) >= 11 is 0. The van der Waals surface area contributed by atoms with Crippen molar-refractivity contribution in [2.24, 2.45) is 13.0 Å².